The highest BCUT2D eigenvalue weighted by Crippen LogP contribution is 1.44. The molecule has 0 aliphatic rings. The lowest BCUT2D eigenvalue weighted by atomic mass is 10.8. The minimum absolute atomic E-state index is 0. The minimum atomic E-state index is 0. The van der Waals surface area contributed by atoms with Gasteiger partial charge in [-0.3, -0.25) is 0 Å². The van der Waals surface area contributed by atoms with Crippen molar-refractivity contribution in [3.63, 3.8) is 0 Å². The Bertz CT molecular complexity index is 6.00. The summed E-state index contributed by atoms with van der Waals surface area (Å²) in [6, 6.07) is 0. The zero-order chi connectivity index (χ0) is 2.00. The van der Waals surface area contributed by atoms with Gasteiger partial charge in [-0.2, -0.15) is 9.90 Å². The highest BCUT2D eigenvalue weighted by Gasteiger charge is 0.825. The number of hydrogen-bond acceptors (Lipinski definition) is 1. The molecule has 3 radical (unpaired) electrons. The Morgan fingerprint density at radius 1 is 1.25 bits per heavy atom. The molecule has 0 saturated heterocycles. The average molecular weight is 94.8 g/mol. The van der Waals surface area contributed by atoms with Crippen molar-refractivity contribution in [2.75, 3.05) is 0 Å². The Hall–Kier alpha value is 0.885. The van der Waals surface area contributed by atoms with Crippen LogP contribution in [0.3, 0.4) is 0 Å². The molecule has 0 amide bonds. The molecular weight excluding hydrogens is 88.8 g/mol. The summed E-state index contributed by atoms with van der Waals surface area (Å²) in [5, 5.41) is 0. The van der Waals surface area contributed by atoms with Gasteiger partial charge in [-0.15, -0.1) is 0 Å². The summed E-state index contributed by atoms with van der Waals surface area (Å²) in [5.41, 5.74) is 0. The maximum absolute atomic E-state index is 6.92. The first kappa shape index (κ1) is 20.8. The third-order valence-electron chi connectivity index (χ3n) is 0. The standard InChI is InChI=1S/B.H3OP.H3P/c;1-2;/h;1H,2H2;1H3. The summed E-state index contributed by atoms with van der Waals surface area (Å²) in [7, 11) is 1.42. The first-order valence-corrected chi connectivity index (χ1v) is 0.775. The lowest BCUT2D eigenvalue weighted by molar-refractivity contribution is 0.664. The summed E-state index contributed by atoms with van der Waals surface area (Å²) >= 11 is 0. The molecule has 0 aliphatic carbocycles. The van der Waals surface area contributed by atoms with Crippen LogP contribution in [0.15, 0.2) is 0 Å². The summed E-state index contributed by atoms with van der Waals surface area (Å²) in [6.45, 7) is 0. The molecule has 1 N–H and O–H groups in total. The summed E-state index contributed by atoms with van der Waals surface area (Å²) in [5.74, 6) is 0. The van der Waals surface area contributed by atoms with Gasteiger partial charge in [0.25, 0.3) is 0 Å². The van der Waals surface area contributed by atoms with Crippen LogP contribution in [-0.2, 0) is 0 Å². The Kier molecular flexibility index (Phi) is 214. The SMILES string of the molecule is OP.P.[B]. The van der Waals surface area contributed by atoms with Crippen LogP contribution in [-0.4, -0.2) is 13.3 Å². The van der Waals surface area contributed by atoms with Gasteiger partial charge in [-0.05, 0) is 9.47 Å². The van der Waals surface area contributed by atoms with E-state index in [4.69, 9.17) is 4.89 Å². The van der Waals surface area contributed by atoms with Crippen LogP contribution >= 0.6 is 19.4 Å². The second-order valence-electron chi connectivity index (χ2n) is 0. The second kappa shape index (κ2) is 41.3. The first-order valence-electron chi connectivity index (χ1n) is 0.258. The van der Waals surface area contributed by atoms with E-state index in [1.807, 2.05) is 0 Å². The fourth-order valence-corrected chi connectivity index (χ4v) is 0. The van der Waals surface area contributed by atoms with Gasteiger partial charge >= 0.3 is 0 Å². The van der Waals surface area contributed by atoms with Gasteiger partial charge in [0.15, 0.2) is 0 Å². The van der Waals surface area contributed by atoms with Gasteiger partial charge in [0.2, 0.25) is 0 Å². The maximum Gasteiger partial charge on any atom is 0 e. The largest absolute Gasteiger partial charge is 0.380 e. The van der Waals surface area contributed by atoms with Gasteiger partial charge in [0.05, 0.1) is 0 Å². The third-order valence-corrected chi connectivity index (χ3v) is 0. The molecule has 0 aliphatic heterocycles. The number of hydrogen-bond donors (Lipinski definition) is 1. The smallest absolute Gasteiger partial charge is 0 e. The van der Waals surface area contributed by atoms with E-state index in [1.54, 1.807) is 0 Å². The monoisotopic (exact) mass is 95.0 g/mol. The second-order valence-corrected chi connectivity index (χ2v) is 0. The first-order chi connectivity index (χ1) is 1.00. The van der Waals surface area contributed by atoms with Crippen molar-refractivity contribution in [2.24, 2.45) is 0 Å². The van der Waals surface area contributed by atoms with E-state index in [1.165, 1.54) is 9.47 Å². The lowest BCUT2D eigenvalue weighted by Crippen LogP contribution is -0.868. The van der Waals surface area contributed by atoms with Crippen LogP contribution in [0.1, 0.15) is 0 Å². The number of rotatable bonds is 0. The van der Waals surface area contributed by atoms with Crippen LogP contribution in [0.2, 0.25) is 0 Å². The third kappa shape index (κ3) is 13.1. The molecule has 0 aromatic carbocycles. The Morgan fingerprint density at radius 2 is 1.25 bits per heavy atom. The zero-order valence-electron chi connectivity index (χ0n) is 2.31. The maximum atomic E-state index is 6.92. The normalized spacial score (nSPS) is 1.50. The van der Waals surface area contributed by atoms with Crippen molar-refractivity contribution < 1.29 is 4.89 Å². The fourth-order valence-electron chi connectivity index (χ4n) is 0. The molecule has 4 heavy (non-hydrogen) atoms. The van der Waals surface area contributed by atoms with Gasteiger partial charge in [0, 0.05) is 8.41 Å². The molecule has 2 unspecified atom stereocenters. The predicted octanol–water partition coefficient (Wildman–Crippen LogP) is -0.554. The molecule has 4 heteroatoms. The van der Waals surface area contributed by atoms with Crippen molar-refractivity contribution in [1.82, 2.24) is 0 Å². The average Bonchev–Trinajstić information content (AvgIpc) is 1.00. The van der Waals surface area contributed by atoms with Crippen molar-refractivity contribution in [3.8, 4) is 0 Å². The molecule has 0 saturated carbocycles. The Labute approximate surface area is 33.7 Å². The molecule has 0 spiro atoms. The van der Waals surface area contributed by atoms with Crippen molar-refractivity contribution >= 4 is 27.8 Å². The topological polar surface area (TPSA) is 20.2 Å². The molecule has 1 nitrogen and oxygen atoms in total. The summed E-state index contributed by atoms with van der Waals surface area (Å²) in [4.78, 5) is 6.92. The van der Waals surface area contributed by atoms with E-state index >= 15 is 0 Å². The van der Waals surface area contributed by atoms with E-state index in [2.05, 4.69) is 0 Å². The van der Waals surface area contributed by atoms with Crippen molar-refractivity contribution in [3.05, 3.63) is 0 Å². The summed E-state index contributed by atoms with van der Waals surface area (Å²) < 4.78 is 0. The minimum Gasteiger partial charge on any atom is -0.380 e. The molecule has 0 heterocycles. The van der Waals surface area contributed by atoms with E-state index in [9.17, 15) is 0 Å². The molecule has 0 bridgehead atoms. The molecule has 0 fully saturated rings. The predicted molar refractivity (Wildman–Crippen MR) is 28.8 cm³/mol. The van der Waals surface area contributed by atoms with Gasteiger partial charge in [0.1, 0.15) is 0 Å². The zero-order valence-corrected chi connectivity index (χ0v) is 4.88. The summed E-state index contributed by atoms with van der Waals surface area (Å²) in [6.07, 6.45) is 0. The quantitative estimate of drug-likeness (QED) is 0.316. The fraction of sp³-hybridized carbons (Fsp3) is 0. The van der Waals surface area contributed by atoms with Gasteiger partial charge < -0.3 is 4.89 Å². The molecule has 0 rings (SSSR count). The Morgan fingerprint density at radius 3 is 1.25 bits per heavy atom. The molecular formula is H6BOP2. The van der Waals surface area contributed by atoms with Crippen molar-refractivity contribution in [1.29, 1.82) is 0 Å². The molecule has 0 aromatic rings. The van der Waals surface area contributed by atoms with E-state index in [0.29, 0.717) is 0 Å². The van der Waals surface area contributed by atoms with Gasteiger partial charge in [-0.1, -0.05) is 0 Å². The van der Waals surface area contributed by atoms with Crippen LogP contribution in [0.25, 0.3) is 0 Å². The molecule has 0 aromatic heterocycles. The highest BCUT2D eigenvalue weighted by molar-refractivity contribution is 7.08. The van der Waals surface area contributed by atoms with Crippen LogP contribution in [0.5, 0.6) is 0 Å². The molecule has 2 atom stereocenters. The van der Waals surface area contributed by atoms with Crippen molar-refractivity contribution in [2.45, 2.75) is 0 Å². The Balaban J connectivity index is -0.00000000500. The van der Waals surface area contributed by atoms with E-state index in [-0.39, 0.29) is 18.3 Å². The highest BCUT2D eigenvalue weighted by atomic mass is 31.0. The van der Waals surface area contributed by atoms with E-state index < -0.39 is 0 Å². The van der Waals surface area contributed by atoms with E-state index in [0.717, 1.165) is 0 Å². The van der Waals surface area contributed by atoms with Gasteiger partial charge in [-0.25, -0.2) is 0 Å². The van der Waals surface area contributed by atoms with Crippen LogP contribution in [0.4, 0.5) is 0 Å². The van der Waals surface area contributed by atoms with Crippen LogP contribution < -0.4 is 0 Å². The lowest BCUT2D eigenvalue weighted by Gasteiger charge is -1.21. The molecule has 25 valence electrons. The van der Waals surface area contributed by atoms with Crippen LogP contribution in [0, 0.1) is 0 Å².